The van der Waals surface area contributed by atoms with E-state index < -0.39 is 0 Å². The van der Waals surface area contributed by atoms with Gasteiger partial charge in [0.2, 0.25) is 0 Å². The number of benzene rings is 2. The molecule has 0 spiro atoms. The molecule has 0 bridgehead atoms. The maximum atomic E-state index is 12.5. The van der Waals surface area contributed by atoms with Crippen LogP contribution in [0.1, 0.15) is 33.2 Å². The van der Waals surface area contributed by atoms with Crippen molar-refractivity contribution in [2.45, 2.75) is 13.5 Å². The van der Waals surface area contributed by atoms with Crippen LogP contribution in [-0.4, -0.2) is 37.4 Å². The predicted octanol–water partition coefficient (Wildman–Crippen LogP) is 2.50. The van der Waals surface area contributed by atoms with Crippen LogP contribution >= 0.6 is 0 Å². The van der Waals surface area contributed by atoms with E-state index in [4.69, 9.17) is 10.5 Å². The van der Waals surface area contributed by atoms with Crippen molar-refractivity contribution < 1.29 is 14.3 Å². The summed E-state index contributed by atoms with van der Waals surface area (Å²) in [4.78, 5) is 26.1. The molecule has 25 heavy (non-hydrogen) atoms. The Morgan fingerprint density at radius 2 is 1.72 bits per heavy atom. The van der Waals surface area contributed by atoms with E-state index in [1.807, 2.05) is 19.1 Å². The van der Waals surface area contributed by atoms with Crippen molar-refractivity contribution in [1.29, 1.82) is 0 Å². The van der Waals surface area contributed by atoms with Crippen molar-refractivity contribution in [2.75, 3.05) is 26.0 Å². The van der Waals surface area contributed by atoms with Crippen LogP contribution in [0.3, 0.4) is 0 Å². The number of carbonyl (C=O) groups is 2. The molecule has 0 aliphatic heterocycles. The second-order valence-corrected chi connectivity index (χ2v) is 5.70. The minimum atomic E-state index is -0.279. The fourth-order valence-electron chi connectivity index (χ4n) is 2.29. The monoisotopic (exact) mass is 341 g/mol. The molecule has 0 atom stereocenters. The van der Waals surface area contributed by atoms with Gasteiger partial charge >= 0.3 is 0 Å². The third kappa shape index (κ3) is 4.58. The lowest BCUT2D eigenvalue weighted by Crippen LogP contribution is -2.22. The molecule has 132 valence electrons. The predicted molar refractivity (Wildman–Crippen MR) is 97.9 cm³/mol. The molecule has 0 unspecified atom stereocenters. The molecule has 0 fully saturated rings. The minimum absolute atomic E-state index is 0.147. The van der Waals surface area contributed by atoms with Gasteiger partial charge in [-0.15, -0.1) is 0 Å². The summed E-state index contributed by atoms with van der Waals surface area (Å²) in [7, 11) is 3.35. The smallest absolute Gasteiger partial charge is 0.255 e. The van der Waals surface area contributed by atoms with Crippen molar-refractivity contribution in [1.82, 2.24) is 4.90 Å². The molecule has 3 N–H and O–H groups in total. The molecule has 0 radical (unpaired) electrons. The van der Waals surface area contributed by atoms with Gasteiger partial charge in [0.05, 0.1) is 12.3 Å². The van der Waals surface area contributed by atoms with Gasteiger partial charge in [-0.2, -0.15) is 0 Å². The molecule has 6 heteroatoms. The zero-order chi connectivity index (χ0) is 18.4. The zero-order valence-electron chi connectivity index (χ0n) is 14.7. The third-order valence-electron chi connectivity index (χ3n) is 3.63. The Morgan fingerprint density at radius 1 is 1.08 bits per heavy atom. The number of nitrogens with zero attached hydrogens (tertiary/aromatic N) is 1. The molecule has 0 saturated carbocycles. The maximum Gasteiger partial charge on any atom is 0.255 e. The van der Waals surface area contributed by atoms with Crippen LogP contribution in [0.2, 0.25) is 0 Å². The van der Waals surface area contributed by atoms with Crippen molar-refractivity contribution >= 4 is 17.5 Å². The molecule has 0 aliphatic rings. The summed E-state index contributed by atoms with van der Waals surface area (Å²) in [6.07, 6.45) is 0. The number of hydrogen-bond acceptors (Lipinski definition) is 4. The summed E-state index contributed by atoms with van der Waals surface area (Å²) in [5, 5.41) is 2.82. The molecule has 0 saturated heterocycles. The van der Waals surface area contributed by atoms with Crippen LogP contribution in [0, 0.1) is 0 Å². The van der Waals surface area contributed by atoms with E-state index in [0.29, 0.717) is 35.7 Å². The largest absolute Gasteiger partial charge is 0.492 e. The van der Waals surface area contributed by atoms with Gasteiger partial charge in [0.15, 0.2) is 0 Å². The van der Waals surface area contributed by atoms with Gasteiger partial charge in [-0.25, -0.2) is 0 Å². The van der Waals surface area contributed by atoms with Crippen LogP contribution in [0.15, 0.2) is 42.5 Å². The molecular weight excluding hydrogens is 318 g/mol. The van der Waals surface area contributed by atoms with Gasteiger partial charge in [0.25, 0.3) is 11.8 Å². The molecule has 2 aromatic rings. The first-order valence-electron chi connectivity index (χ1n) is 8.05. The number of amides is 2. The lowest BCUT2D eigenvalue weighted by molar-refractivity contribution is 0.0827. The third-order valence-corrected chi connectivity index (χ3v) is 3.63. The molecule has 2 aromatic carbocycles. The van der Waals surface area contributed by atoms with Crippen LogP contribution < -0.4 is 15.8 Å². The van der Waals surface area contributed by atoms with E-state index in [2.05, 4.69) is 5.32 Å². The van der Waals surface area contributed by atoms with Gasteiger partial charge < -0.3 is 20.7 Å². The molecule has 6 nitrogen and oxygen atoms in total. The van der Waals surface area contributed by atoms with Crippen molar-refractivity contribution in [3.63, 3.8) is 0 Å². The number of ether oxygens (including phenoxy) is 1. The van der Waals surface area contributed by atoms with Crippen molar-refractivity contribution in [2.24, 2.45) is 5.73 Å². The van der Waals surface area contributed by atoms with Gasteiger partial charge in [0.1, 0.15) is 5.75 Å². The lowest BCUT2D eigenvalue weighted by Gasteiger charge is -2.15. The number of carbonyl (C=O) groups excluding carboxylic acids is 2. The highest BCUT2D eigenvalue weighted by molar-refractivity contribution is 6.06. The van der Waals surface area contributed by atoms with Gasteiger partial charge in [-0.1, -0.05) is 12.1 Å². The summed E-state index contributed by atoms with van der Waals surface area (Å²) in [5.74, 6) is 0.0922. The van der Waals surface area contributed by atoms with E-state index >= 15 is 0 Å². The summed E-state index contributed by atoms with van der Waals surface area (Å²) in [6.45, 7) is 2.73. The number of anilines is 1. The van der Waals surface area contributed by atoms with Crippen molar-refractivity contribution in [3.8, 4) is 5.75 Å². The Hall–Kier alpha value is -2.86. The van der Waals surface area contributed by atoms with Crippen LogP contribution in [-0.2, 0) is 6.54 Å². The quantitative estimate of drug-likeness (QED) is 0.845. The maximum absolute atomic E-state index is 12.5. The van der Waals surface area contributed by atoms with Gasteiger partial charge in [0, 0.05) is 31.8 Å². The fraction of sp³-hybridized carbons (Fsp3) is 0.263. The molecular formula is C19H23N3O3. The average Bonchev–Trinajstić information content (AvgIpc) is 2.62. The van der Waals surface area contributed by atoms with Gasteiger partial charge in [-0.3, -0.25) is 9.59 Å². The highest BCUT2D eigenvalue weighted by Gasteiger charge is 2.15. The summed E-state index contributed by atoms with van der Waals surface area (Å²) in [6, 6.07) is 12.0. The van der Waals surface area contributed by atoms with E-state index in [1.54, 1.807) is 44.4 Å². The Labute approximate surface area is 147 Å². The van der Waals surface area contributed by atoms with Crippen LogP contribution in [0.4, 0.5) is 5.69 Å². The SMILES string of the molecule is CCOc1ccc(C(=O)N(C)C)cc1NC(=O)c1ccc(CN)cc1. The first-order chi connectivity index (χ1) is 12.0. The Bertz CT molecular complexity index is 755. The Morgan fingerprint density at radius 3 is 2.28 bits per heavy atom. The number of rotatable bonds is 6. The normalized spacial score (nSPS) is 10.2. The van der Waals surface area contributed by atoms with Crippen molar-refractivity contribution in [3.05, 3.63) is 59.2 Å². The number of nitrogens with one attached hydrogen (secondary N) is 1. The lowest BCUT2D eigenvalue weighted by atomic mass is 10.1. The molecule has 0 aliphatic carbocycles. The Balaban J connectivity index is 2.29. The highest BCUT2D eigenvalue weighted by atomic mass is 16.5. The summed E-state index contributed by atoms with van der Waals surface area (Å²) >= 11 is 0. The summed E-state index contributed by atoms with van der Waals surface area (Å²) < 4.78 is 5.55. The van der Waals surface area contributed by atoms with E-state index in [0.717, 1.165) is 5.56 Å². The standard InChI is InChI=1S/C19H23N3O3/c1-4-25-17-10-9-15(19(24)22(2)3)11-16(17)21-18(23)14-7-5-13(12-20)6-8-14/h5-11H,4,12,20H2,1-3H3,(H,21,23). The topological polar surface area (TPSA) is 84.7 Å². The zero-order valence-corrected chi connectivity index (χ0v) is 14.7. The average molecular weight is 341 g/mol. The van der Waals surface area contributed by atoms with Crippen LogP contribution in [0.25, 0.3) is 0 Å². The highest BCUT2D eigenvalue weighted by Crippen LogP contribution is 2.27. The van der Waals surface area contributed by atoms with E-state index in [-0.39, 0.29) is 11.8 Å². The first-order valence-corrected chi connectivity index (χ1v) is 8.05. The fourth-order valence-corrected chi connectivity index (χ4v) is 2.29. The number of nitrogens with two attached hydrogens (primary N) is 1. The van der Waals surface area contributed by atoms with E-state index in [9.17, 15) is 9.59 Å². The molecule has 2 rings (SSSR count). The minimum Gasteiger partial charge on any atom is -0.492 e. The first kappa shape index (κ1) is 18.5. The molecule has 2 amide bonds. The Kier molecular flexibility index (Phi) is 6.14. The van der Waals surface area contributed by atoms with Crippen LogP contribution in [0.5, 0.6) is 5.75 Å². The van der Waals surface area contributed by atoms with E-state index in [1.165, 1.54) is 4.90 Å². The number of hydrogen-bond donors (Lipinski definition) is 2. The second-order valence-electron chi connectivity index (χ2n) is 5.70. The molecule has 0 heterocycles. The molecule has 0 aromatic heterocycles. The summed E-state index contributed by atoms with van der Waals surface area (Å²) in [5.41, 5.74) is 7.96. The second kappa shape index (κ2) is 8.30. The van der Waals surface area contributed by atoms with Gasteiger partial charge in [-0.05, 0) is 42.8 Å².